The topological polar surface area (TPSA) is 26.3 Å². The summed E-state index contributed by atoms with van der Waals surface area (Å²) in [4.78, 5) is 0. The first-order valence-electron chi connectivity index (χ1n) is 19.1. The fourth-order valence-electron chi connectivity index (χ4n) is 8.51. The van der Waals surface area contributed by atoms with Gasteiger partial charge >= 0.3 is 0 Å². The molecule has 0 aliphatic carbocycles. The molecule has 0 spiro atoms. The zero-order valence-electron chi connectivity index (χ0n) is 30.4. The van der Waals surface area contributed by atoms with Gasteiger partial charge in [-0.2, -0.15) is 0 Å². The fraction of sp³-hybridized carbons (Fsp3) is 0. The number of rotatable bonds is 6. The van der Waals surface area contributed by atoms with Crippen LogP contribution in [0.2, 0.25) is 0 Å². The van der Waals surface area contributed by atoms with Crippen molar-refractivity contribution in [2.45, 2.75) is 0 Å². The van der Waals surface area contributed by atoms with E-state index in [-0.39, 0.29) is 0 Å². The minimum absolute atomic E-state index is 0.825. The molecule has 0 amide bonds. The van der Waals surface area contributed by atoms with Crippen molar-refractivity contribution in [3.05, 3.63) is 206 Å². The van der Waals surface area contributed by atoms with Crippen LogP contribution in [-0.4, -0.2) is 0 Å². The zero-order chi connectivity index (χ0) is 37.0. The molecule has 0 N–H and O–H groups in total. The third kappa shape index (κ3) is 5.19. The van der Waals surface area contributed by atoms with Gasteiger partial charge in [0.05, 0.1) is 0 Å². The number of hydrogen-bond donors (Lipinski definition) is 0. The van der Waals surface area contributed by atoms with Gasteiger partial charge in [-0.25, -0.2) is 0 Å². The van der Waals surface area contributed by atoms with Crippen LogP contribution in [0, 0.1) is 0 Å². The Labute approximate surface area is 324 Å². The monoisotopic (exact) mass is 714 g/mol. The lowest BCUT2D eigenvalue weighted by molar-refractivity contribution is 0.629. The summed E-state index contributed by atoms with van der Waals surface area (Å²) >= 11 is 0. The second kappa shape index (κ2) is 13.2. The Bertz CT molecular complexity index is 2990. The van der Waals surface area contributed by atoms with E-state index in [1.165, 1.54) is 10.8 Å². The van der Waals surface area contributed by atoms with Crippen LogP contribution in [0.3, 0.4) is 0 Å². The molecule has 2 aromatic heterocycles. The first-order valence-corrected chi connectivity index (χ1v) is 19.1. The van der Waals surface area contributed by atoms with Gasteiger partial charge in [0.1, 0.15) is 22.7 Å². The highest BCUT2D eigenvalue weighted by Gasteiger charge is 2.32. The summed E-state index contributed by atoms with van der Waals surface area (Å²) in [5, 5.41) is 6.76. The second-order valence-electron chi connectivity index (χ2n) is 14.4. The van der Waals surface area contributed by atoms with Gasteiger partial charge in [0.15, 0.2) is 0 Å². The largest absolute Gasteiger partial charge is 0.455 e. The van der Waals surface area contributed by atoms with Crippen molar-refractivity contribution in [2.24, 2.45) is 0 Å². The average molecular weight is 715 g/mol. The van der Waals surface area contributed by atoms with Gasteiger partial charge in [0.2, 0.25) is 0 Å². The molecule has 0 aliphatic rings. The molecule has 0 radical (unpaired) electrons. The Kier molecular flexibility index (Phi) is 7.53. The van der Waals surface area contributed by atoms with Crippen molar-refractivity contribution in [3.8, 4) is 67.2 Å². The predicted octanol–water partition coefficient (Wildman–Crippen LogP) is 15.5. The number of fused-ring (bicyclic) bond motifs is 5. The highest BCUT2D eigenvalue weighted by atomic mass is 16.3. The van der Waals surface area contributed by atoms with Crippen LogP contribution in [0.25, 0.3) is 111 Å². The predicted molar refractivity (Wildman–Crippen MR) is 234 cm³/mol. The highest BCUT2D eigenvalue weighted by molar-refractivity contribution is 6.29. The summed E-state index contributed by atoms with van der Waals surface area (Å²) in [7, 11) is 0. The van der Waals surface area contributed by atoms with Gasteiger partial charge in [0.25, 0.3) is 0 Å². The van der Waals surface area contributed by atoms with E-state index < -0.39 is 0 Å². The Balaban J connectivity index is 1.42. The molecule has 262 valence electrons. The molecule has 2 heterocycles. The van der Waals surface area contributed by atoms with Crippen LogP contribution < -0.4 is 0 Å². The standard InChI is InChI=1S/C54H34O2/c1-5-19-37(20-6-1)45-49-50-46(38-21-7-2-8-22-38)52(40-25-11-4-12-26-40)56-54(50)48(44-32-30-36-18-14-16-28-42(36)34-44)47(43-31-29-35-17-13-15-27-41(35)33-43)53(49)55-51(45)39-23-9-3-10-24-39/h1-34H. The first-order chi connectivity index (χ1) is 27.8. The molecular formula is C54H34O2. The lowest BCUT2D eigenvalue weighted by Crippen LogP contribution is -1.91. The maximum atomic E-state index is 7.46. The smallest absolute Gasteiger partial charge is 0.144 e. The zero-order valence-corrected chi connectivity index (χ0v) is 30.4. The quantitative estimate of drug-likeness (QED) is 0.171. The molecule has 9 aromatic carbocycles. The van der Waals surface area contributed by atoms with Crippen molar-refractivity contribution >= 4 is 43.5 Å². The van der Waals surface area contributed by atoms with Crippen molar-refractivity contribution in [1.29, 1.82) is 0 Å². The van der Waals surface area contributed by atoms with Gasteiger partial charge in [-0.15, -0.1) is 0 Å². The maximum Gasteiger partial charge on any atom is 0.144 e. The molecule has 2 nitrogen and oxygen atoms in total. The van der Waals surface area contributed by atoms with Crippen molar-refractivity contribution in [2.75, 3.05) is 0 Å². The van der Waals surface area contributed by atoms with Crippen molar-refractivity contribution in [3.63, 3.8) is 0 Å². The SMILES string of the molecule is c1ccc(-c2oc3c(-c4ccc5ccccc5c4)c(-c4ccc5ccccc5c4)c4oc(-c5ccccc5)c(-c5ccccc5)c4c3c2-c2ccccc2)cc1. The normalized spacial score (nSPS) is 11.6. The summed E-state index contributed by atoms with van der Waals surface area (Å²) in [6, 6.07) is 73.0. The number of furan rings is 2. The Morgan fingerprint density at radius 1 is 0.232 bits per heavy atom. The molecule has 11 rings (SSSR count). The van der Waals surface area contributed by atoms with E-state index in [1.807, 2.05) is 0 Å². The summed E-state index contributed by atoms with van der Waals surface area (Å²) in [6.45, 7) is 0. The van der Waals surface area contributed by atoms with Gasteiger partial charge in [-0.3, -0.25) is 0 Å². The van der Waals surface area contributed by atoms with E-state index >= 15 is 0 Å². The first kappa shape index (κ1) is 32.0. The van der Waals surface area contributed by atoms with Crippen LogP contribution in [-0.2, 0) is 0 Å². The summed E-state index contributed by atoms with van der Waals surface area (Å²) < 4.78 is 14.9. The van der Waals surface area contributed by atoms with E-state index in [0.717, 1.165) is 99.9 Å². The lowest BCUT2D eigenvalue weighted by atomic mass is 9.85. The number of hydrogen-bond acceptors (Lipinski definition) is 2. The van der Waals surface area contributed by atoms with Gasteiger partial charge < -0.3 is 8.83 Å². The third-order valence-corrected chi connectivity index (χ3v) is 11.0. The summed E-state index contributed by atoms with van der Waals surface area (Å²) in [6.07, 6.45) is 0. The maximum absolute atomic E-state index is 7.46. The molecule has 0 saturated heterocycles. The fourth-order valence-corrected chi connectivity index (χ4v) is 8.51. The minimum Gasteiger partial charge on any atom is -0.455 e. The van der Waals surface area contributed by atoms with Crippen LogP contribution in [0.15, 0.2) is 215 Å². The van der Waals surface area contributed by atoms with Gasteiger partial charge in [0, 0.05) is 44.2 Å². The Morgan fingerprint density at radius 3 is 0.929 bits per heavy atom. The third-order valence-electron chi connectivity index (χ3n) is 11.0. The molecule has 56 heavy (non-hydrogen) atoms. The molecule has 0 unspecified atom stereocenters. The van der Waals surface area contributed by atoms with Crippen LogP contribution >= 0.6 is 0 Å². The Morgan fingerprint density at radius 2 is 0.554 bits per heavy atom. The van der Waals surface area contributed by atoms with E-state index in [4.69, 9.17) is 8.83 Å². The van der Waals surface area contributed by atoms with Crippen LogP contribution in [0.5, 0.6) is 0 Å². The van der Waals surface area contributed by atoms with E-state index in [0.29, 0.717) is 0 Å². The van der Waals surface area contributed by atoms with E-state index in [2.05, 4.69) is 206 Å². The lowest BCUT2D eigenvalue weighted by Gasteiger charge is -2.15. The average Bonchev–Trinajstić information content (AvgIpc) is 3.87. The molecule has 11 aromatic rings. The molecule has 0 aliphatic heterocycles. The van der Waals surface area contributed by atoms with E-state index in [1.54, 1.807) is 0 Å². The molecule has 0 fully saturated rings. The van der Waals surface area contributed by atoms with Crippen LogP contribution in [0.4, 0.5) is 0 Å². The molecule has 2 heteroatoms. The Hall–Kier alpha value is -7.42. The van der Waals surface area contributed by atoms with Crippen LogP contribution in [0.1, 0.15) is 0 Å². The van der Waals surface area contributed by atoms with Gasteiger partial charge in [-0.05, 0) is 55.9 Å². The van der Waals surface area contributed by atoms with Gasteiger partial charge in [-0.1, -0.05) is 194 Å². The highest BCUT2D eigenvalue weighted by Crippen LogP contribution is 2.56. The second-order valence-corrected chi connectivity index (χ2v) is 14.4. The summed E-state index contributed by atoms with van der Waals surface area (Å²) in [5.74, 6) is 1.65. The number of benzene rings is 9. The molecular weight excluding hydrogens is 681 g/mol. The molecule has 0 saturated carbocycles. The molecule has 0 bridgehead atoms. The molecule has 0 atom stereocenters. The van der Waals surface area contributed by atoms with E-state index in [9.17, 15) is 0 Å². The minimum atomic E-state index is 0.825. The summed E-state index contributed by atoms with van der Waals surface area (Å²) in [5.41, 5.74) is 12.0. The van der Waals surface area contributed by atoms with Crippen molar-refractivity contribution < 1.29 is 8.83 Å². The van der Waals surface area contributed by atoms with Crippen molar-refractivity contribution in [1.82, 2.24) is 0 Å².